The van der Waals surface area contributed by atoms with Crippen LogP contribution in [0.5, 0.6) is 0 Å². The van der Waals surface area contributed by atoms with E-state index in [-0.39, 0.29) is 30.8 Å². The lowest BCUT2D eigenvalue weighted by atomic mass is 9.87. The standard InChI is InChI=1S/C13H22O6/c1-3-13(7-16-10-17-8-13)9-19-12(15)6-5-11(14)18-4-2/h3-10H2,1-2H3. The van der Waals surface area contributed by atoms with Crippen molar-refractivity contribution in [2.24, 2.45) is 5.41 Å². The van der Waals surface area contributed by atoms with Crippen molar-refractivity contribution in [3.8, 4) is 0 Å². The monoisotopic (exact) mass is 274 g/mol. The summed E-state index contributed by atoms with van der Waals surface area (Å²) in [6.07, 6.45) is 0.900. The first-order chi connectivity index (χ1) is 9.12. The molecule has 19 heavy (non-hydrogen) atoms. The van der Waals surface area contributed by atoms with E-state index in [0.717, 1.165) is 6.42 Å². The highest BCUT2D eigenvalue weighted by Gasteiger charge is 2.33. The number of esters is 2. The van der Waals surface area contributed by atoms with Crippen LogP contribution >= 0.6 is 0 Å². The van der Waals surface area contributed by atoms with Crippen molar-refractivity contribution in [1.29, 1.82) is 0 Å². The Morgan fingerprint density at radius 1 is 1.05 bits per heavy atom. The van der Waals surface area contributed by atoms with E-state index in [1.165, 1.54) is 0 Å². The summed E-state index contributed by atoms with van der Waals surface area (Å²) < 4.78 is 20.4. The van der Waals surface area contributed by atoms with Gasteiger partial charge in [-0.2, -0.15) is 0 Å². The van der Waals surface area contributed by atoms with E-state index < -0.39 is 5.97 Å². The van der Waals surface area contributed by atoms with E-state index in [0.29, 0.717) is 26.6 Å². The Kier molecular flexibility index (Phi) is 6.80. The molecule has 1 aliphatic heterocycles. The van der Waals surface area contributed by atoms with E-state index in [2.05, 4.69) is 0 Å². The van der Waals surface area contributed by atoms with Gasteiger partial charge in [-0.3, -0.25) is 9.59 Å². The molecule has 0 aromatic carbocycles. The zero-order valence-corrected chi connectivity index (χ0v) is 11.6. The molecule has 0 atom stereocenters. The second-order valence-electron chi connectivity index (χ2n) is 4.63. The summed E-state index contributed by atoms with van der Waals surface area (Å²) in [7, 11) is 0. The van der Waals surface area contributed by atoms with Crippen molar-refractivity contribution in [2.75, 3.05) is 33.2 Å². The Morgan fingerprint density at radius 3 is 2.16 bits per heavy atom. The molecule has 0 radical (unpaired) electrons. The maximum Gasteiger partial charge on any atom is 0.306 e. The van der Waals surface area contributed by atoms with Gasteiger partial charge in [0.25, 0.3) is 0 Å². The van der Waals surface area contributed by atoms with Crippen molar-refractivity contribution in [2.45, 2.75) is 33.1 Å². The molecule has 0 unspecified atom stereocenters. The second-order valence-corrected chi connectivity index (χ2v) is 4.63. The lowest BCUT2D eigenvalue weighted by molar-refractivity contribution is -0.187. The normalized spacial score (nSPS) is 17.8. The summed E-state index contributed by atoms with van der Waals surface area (Å²) >= 11 is 0. The van der Waals surface area contributed by atoms with Crippen LogP contribution in [0.2, 0.25) is 0 Å². The molecule has 0 bridgehead atoms. The van der Waals surface area contributed by atoms with E-state index in [4.69, 9.17) is 18.9 Å². The van der Waals surface area contributed by atoms with E-state index in [9.17, 15) is 9.59 Å². The molecule has 110 valence electrons. The minimum atomic E-state index is -0.397. The maximum absolute atomic E-state index is 11.5. The van der Waals surface area contributed by atoms with Crippen molar-refractivity contribution in [3.63, 3.8) is 0 Å². The molecular formula is C13H22O6. The third kappa shape index (κ3) is 5.57. The van der Waals surface area contributed by atoms with Crippen LogP contribution in [-0.2, 0) is 28.5 Å². The van der Waals surface area contributed by atoms with Crippen LogP contribution in [0.25, 0.3) is 0 Å². The molecule has 6 nitrogen and oxygen atoms in total. The topological polar surface area (TPSA) is 71.1 Å². The number of carbonyl (C=O) groups is 2. The molecule has 1 fully saturated rings. The highest BCUT2D eigenvalue weighted by molar-refractivity contribution is 5.77. The molecule has 0 N–H and O–H groups in total. The Balaban J connectivity index is 2.26. The maximum atomic E-state index is 11.5. The third-order valence-electron chi connectivity index (χ3n) is 3.11. The smallest absolute Gasteiger partial charge is 0.306 e. The number of hydrogen-bond donors (Lipinski definition) is 0. The van der Waals surface area contributed by atoms with Gasteiger partial charge in [0.2, 0.25) is 0 Å². The Bertz CT molecular complexity index is 296. The molecule has 0 aromatic heterocycles. The molecule has 1 saturated heterocycles. The summed E-state index contributed by atoms with van der Waals surface area (Å²) in [6, 6.07) is 0. The van der Waals surface area contributed by atoms with Crippen LogP contribution in [0, 0.1) is 5.41 Å². The lowest BCUT2D eigenvalue weighted by Crippen LogP contribution is -2.41. The lowest BCUT2D eigenvalue weighted by Gasteiger charge is -2.35. The average Bonchev–Trinajstić information content (AvgIpc) is 2.44. The predicted molar refractivity (Wildman–Crippen MR) is 66.3 cm³/mol. The minimum absolute atomic E-state index is 0.0420. The second kappa shape index (κ2) is 8.12. The van der Waals surface area contributed by atoms with Crippen molar-refractivity contribution in [3.05, 3.63) is 0 Å². The number of carbonyl (C=O) groups excluding carboxylic acids is 2. The number of hydrogen-bond acceptors (Lipinski definition) is 6. The fourth-order valence-electron chi connectivity index (χ4n) is 1.75. The first-order valence-electron chi connectivity index (χ1n) is 6.58. The van der Waals surface area contributed by atoms with E-state index >= 15 is 0 Å². The van der Waals surface area contributed by atoms with Crippen LogP contribution in [0.1, 0.15) is 33.1 Å². The van der Waals surface area contributed by atoms with E-state index in [1.54, 1.807) is 6.92 Å². The van der Waals surface area contributed by atoms with Gasteiger partial charge in [-0.25, -0.2) is 0 Å². The highest BCUT2D eigenvalue weighted by Crippen LogP contribution is 2.26. The summed E-state index contributed by atoms with van der Waals surface area (Å²) in [4.78, 5) is 22.6. The van der Waals surface area contributed by atoms with Crippen molar-refractivity contribution in [1.82, 2.24) is 0 Å². The molecule has 0 spiro atoms. The minimum Gasteiger partial charge on any atom is -0.466 e. The molecule has 1 heterocycles. The molecule has 0 aliphatic carbocycles. The van der Waals surface area contributed by atoms with Crippen LogP contribution in [0.4, 0.5) is 0 Å². The molecule has 1 rings (SSSR count). The van der Waals surface area contributed by atoms with Crippen LogP contribution in [0.3, 0.4) is 0 Å². The summed E-state index contributed by atoms with van der Waals surface area (Å²) in [5.74, 6) is -0.777. The third-order valence-corrected chi connectivity index (χ3v) is 3.11. The van der Waals surface area contributed by atoms with Gasteiger partial charge in [-0.1, -0.05) is 6.92 Å². The van der Waals surface area contributed by atoms with E-state index in [1.807, 2.05) is 6.92 Å². The number of ether oxygens (including phenoxy) is 4. The first-order valence-corrected chi connectivity index (χ1v) is 6.58. The van der Waals surface area contributed by atoms with Gasteiger partial charge in [-0.15, -0.1) is 0 Å². The average molecular weight is 274 g/mol. The van der Waals surface area contributed by atoms with Gasteiger partial charge in [0.05, 0.1) is 38.1 Å². The fraction of sp³-hybridized carbons (Fsp3) is 0.846. The molecular weight excluding hydrogens is 252 g/mol. The van der Waals surface area contributed by atoms with Gasteiger partial charge in [0.15, 0.2) is 0 Å². The zero-order valence-electron chi connectivity index (χ0n) is 11.6. The van der Waals surface area contributed by atoms with Gasteiger partial charge in [0.1, 0.15) is 13.4 Å². The quantitative estimate of drug-likeness (QED) is 0.651. The Morgan fingerprint density at radius 2 is 1.63 bits per heavy atom. The van der Waals surface area contributed by atoms with Crippen molar-refractivity contribution >= 4 is 11.9 Å². The molecule has 0 aromatic rings. The Hall–Kier alpha value is -1.14. The highest BCUT2D eigenvalue weighted by atomic mass is 16.7. The van der Waals surface area contributed by atoms with Crippen LogP contribution in [0.15, 0.2) is 0 Å². The Labute approximate surface area is 113 Å². The first kappa shape index (κ1) is 15.9. The summed E-state index contributed by atoms with van der Waals surface area (Å²) in [5, 5.41) is 0. The molecule has 0 amide bonds. The van der Waals surface area contributed by atoms with Gasteiger partial charge < -0.3 is 18.9 Å². The SMILES string of the molecule is CCOC(=O)CCC(=O)OCC1(CC)COCOC1. The summed E-state index contributed by atoms with van der Waals surface area (Å²) in [6.45, 7) is 5.64. The van der Waals surface area contributed by atoms with Gasteiger partial charge >= 0.3 is 11.9 Å². The molecule has 0 saturated carbocycles. The van der Waals surface area contributed by atoms with Crippen LogP contribution < -0.4 is 0 Å². The largest absolute Gasteiger partial charge is 0.466 e. The molecule has 1 aliphatic rings. The van der Waals surface area contributed by atoms with Crippen molar-refractivity contribution < 1.29 is 28.5 Å². The summed E-state index contributed by atoms with van der Waals surface area (Å²) in [5.41, 5.74) is -0.266. The van der Waals surface area contributed by atoms with Gasteiger partial charge in [-0.05, 0) is 13.3 Å². The number of rotatable bonds is 7. The zero-order chi connectivity index (χ0) is 14.1. The van der Waals surface area contributed by atoms with Gasteiger partial charge in [0, 0.05) is 0 Å². The van der Waals surface area contributed by atoms with Crippen LogP contribution in [-0.4, -0.2) is 45.2 Å². The molecule has 6 heteroatoms. The fourth-order valence-corrected chi connectivity index (χ4v) is 1.75. The predicted octanol–water partition coefficient (Wildman–Crippen LogP) is 1.27.